The van der Waals surface area contributed by atoms with E-state index in [-0.39, 0.29) is 10.8 Å². The topological polar surface area (TPSA) is 79.8 Å². The zero-order valence-electron chi connectivity index (χ0n) is 15.9. The molecule has 3 aromatic rings. The molecule has 7 nitrogen and oxygen atoms in total. The number of carbonyl (C=O) groups excluding carboxylic acids is 1. The molecule has 1 aliphatic heterocycles. The number of nitrogens with zero attached hydrogens (tertiary/aromatic N) is 3. The number of fused-ring (bicyclic) bond motifs is 1. The molecule has 0 atom stereocenters. The Morgan fingerprint density at radius 3 is 2.76 bits per heavy atom. The highest BCUT2D eigenvalue weighted by Crippen LogP contribution is 2.32. The molecule has 1 saturated heterocycles. The van der Waals surface area contributed by atoms with Crippen molar-refractivity contribution in [1.29, 1.82) is 0 Å². The molecule has 3 heterocycles. The number of aromatic nitrogens is 1. The number of benzene rings is 1. The van der Waals surface area contributed by atoms with Crippen LogP contribution in [-0.2, 0) is 14.6 Å². The van der Waals surface area contributed by atoms with Gasteiger partial charge in [-0.1, -0.05) is 17.4 Å². The Morgan fingerprint density at radius 2 is 2.07 bits per heavy atom. The zero-order valence-corrected chi connectivity index (χ0v) is 18.4. The van der Waals surface area contributed by atoms with Crippen molar-refractivity contribution >= 4 is 53.8 Å². The summed E-state index contributed by atoms with van der Waals surface area (Å²) in [6.45, 7) is 4.33. The number of sulfone groups is 1. The number of hydrogen-bond acceptors (Lipinski definition) is 8. The van der Waals surface area contributed by atoms with Gasteiger partial charge in [-0.3, -0.25) is 14.6 Å². The van der Waals surface area contributed by atoms with E-state index in [1.165, 1.54) is 28.9 Å². The van der Waals surface area contributed by atoms with Crippen molar-refractivity contribution in [2.45, 2.75) is 4.90 Å². The molecule has 0 aliphatic carbocycles. The van der Waals surface area contributed by atoms with Gasteiger partial charge >= 0.3 is 0 Å². The van der Waals surface area contributed by atoms with Crippen LogP contribution in [0.2, 0.25) is 0 Å². The number of anilines is 1. The van der Waals surface area contributed by atoms with Crippen LogP contribution in [-0.4, -0.2) is 69.9 Å². The Morgan fingerprint density at radius 1 is 1.28 bits per heavy atom. The third-order valence-corrected chi connectivity index (χ3v) is 7.74. The molecule has 1 fully saturated rings. The molecule has 29 heavy (non-hydrogen) atoms. The second-order valence-corrected chi connectivity index (χ2v) is 10.8. The van der Waals surface area contributed by atoms with Gasteiger partial charge in [0, 0.05) is 32.4 Å². The van der Waals surface area contributed by atoms with E-state index in [1.807, 2.05) is 17.5 Å². The molecule has 1 aromatic carbocycles. The number of amides is 1. The summed E-state index contributed by atoms with van der Waals surface area (Å²) in [5.41, 5.74) is 0.688. The van der Waals surface area contributed by atoms with Crippen LogP contribution in [0.25, 0.3) is 10.2 Å². The monoisotopic (exact) mass is 451 g/mol. The van der Waals surface area contributed by atoms with Crippen molar-refractivity contribution in [3.8, 4) is 0 Å². The van der Waals surface area contributed by atoms with Crippen molar-refractivity contribution in [3.05, 3.63) is 40.6 Å². The lowest BCUT2D eigenvalue weighted by Crippen LogP contribution is -2.43. The normalized spacial score (nSPS) is 15.6. The molecule has 0 unspecified atom stereocenters. The van der Waals surface area contributed by atoms with Gasteiger partial charge in [0.2, 0.25) is 0 Å². The number of ether oxygens (including phenoxy) is 1. The molecule has 10 heteroatoms. The van der Waals surface area contributed by atoms with E-state index in [1.54, 1.807) is 23.1 Å². The maximum atomic E-state index is 13.1. The van der Waals surface area contributed by atoms with Gasteiger partial charge in [0.05, 0.1) is 33.2 Å². The van der Waals surface area contributed by atoms with Crippen LogP contribution in [0.15, 0.2) is 40.6 Å². The Kier molecular flexibility index (Phi) is 5.98. The largest absolute Gasteiger partial charge is 0.379 e. The molecular weight excluding hydrogens is 430 g/mol. The summed E-state index contributed by atoms with van der Waals surface area (Å²) >= 11 is 2.74. The number of thiophene rings is 1. The first-order chi connectivity index (χ1) is 13.9. The van der Waals surface area contributed by atoms with E-state index < -0.39 is 9.84 Å². The lowest BCUT2D eigenvalue weighted by molar-refractivity contribution is 0.0391. The molecule has 4 rings (SSSR count). The lowest BCUT2D eigenvalue weighted by Gasteiger charge is -2.29. The van der Waals surface area contributed by atoms with Gasteiger partial charge in [-0.05, 0) is 29.6 Å². The first-order valence-electron chi connectivity index (χ1n) is 9.18. The SMILES string of the molecule is CS(=O)(=O)c1ccc2nc(N(CCN3CCOCC3)C(=O)c3cccs3)sc2c1. The number of hydrogen-bond donors (Lipinski definition) is 0. The van der Waals surface area contributed by atoms with E-state index in [0.29, 0.717) is 35.3 Å². The van der Waals surface area contributed by atoms with Crippen LogP contribution in [0, 0.1) is 0 Å². The molecule has 2 aromatic heterocycles. The van der Waals surface area contributed by atoms with Crippen molar-refractivity contribution in [3.63, 3.8) is 0 Å². The quantitative estimate of drug-likeness (QED) is 0.573. The van der Waals surface area contributed by atoms with Crippen molar-refractivity contribution in [2.24, 2.45) is 0 Å². The van der Waals surface area contributed by atoms with E-state index >= 15 is 0 Å². The summed E-state index contributed by atoms with van der Waals surface area (Å²) in [7, 11) is -3.30. The van der Waals surface area contributed by atoms with E-state index in [2.05, 4.69) is 9.88 Å². The minimum Gasteiger partial charge on any atom is -0.379 e. The maximum Gasteiger partial charge on any atom is 0.270 e. The lowest BCUT2D eigenvalue weighted by atomic mass is 10.3. The third-order valence-electron chi connectivity index (χ3n) is 4.73. The van der Waals surface area contributed by atoms with Gasteiger partial charge in [0.25, 0.3) is 5.91 Å². The number of morpholine rings is 1. The second-order valence-electron chi connectivity index (χ2n) is 6.79. The first-order valence-corrected chi connectivity index (χ1v) is 12.8. The summed E-state index contributed by atoms with van der Waals surface area (Å²) in [6, 6.07) is 8.54. The number of rotatable bonds is 6. The smallest absolute Gasteiger partial charge is 0.270 e. The summed E-state index contributed by atoms with van der Waals surface area (Å²) in [5, 5.41) is 2.46. The Hall–Kier alpha value is -1.85. The molecule has 1 aliphatic rings. The molecule has 0 spiro atoms. The highest BCUT2D eigenvalue weighted by atomic mass is 32.2. The van der Waals surface area contributed by atoms with Gasteiger partial charge in [-0.25, -0.2) is 13.4 Å². The summed E-state index contributed by atoms with van der Waals surface area (Å²) in [6.07, 6.45) is 1.19. The van der Waals surface area contributed by atoms with Crippen LogP contribution in [0.5, 0.6) is 0 Å². The van der Waals surface area contributed by atoms with Crippen LogP contribution in [0.1, 0.15) is 9.67 Å². The molecule has 154 valence electrons. The maximum absolute atomic E-state index is 13.1. The van der Waals surface area contributed by atoms with Gasteiger partial charge in [0.1, 0.15) is 0 Å². The van der Waals surface area contributed by atoms with Gasteiger partial charge in [0.15, 0.2) is 15.0 Å². The minimum atomic E-state index is -3.30. The predicted octanol–water partition coefficient (Wildman–Crippen LogP) is 2.74. The van der Waals surface area contributed by atoms with Gasteiger partial charge in [-0.15, -0.1) is 11.3 Å². The predicted molar refractivity (Wildman–Crippen MR) is 116 cm³/mol. The molecule has 0 saturated carbocycles. The number of thiazole rings is 1. The molecular formula is C19H21N3O4S3. The first kappa shape index (κ1) is 20.4. The van der Waals surface area contributed by atoms with Crippen molar-refractivity contribution < 1.29 is 17.9 Å². The average molecular weight is 452 g/mol. The third kappa shape index (κ3) is 4.67. The van der Waals surface area contributed by atoms with Gasteiger partial charge in [-0.2, -0.15) is 0 Å². The van der Waals surface area contributed by atoms with Crippen molar-refractivity contribution in [1.82, 2.24) is 9.88 Å². The fraction of sp³-hybridized carbons (Fsp3) is 0.368. The van der Waals surface area contributed by atoms with E-state index in [9.17, 15) is 13.2 Å². The Labute approximate surface area is 177 Å². The second kappa shape index (κ2) is 8.49. The van der Waals surface area contributed by atoms with Crippen LogP contribution in [0.3, 0.4) is 0 Å². The summed E-state index contributed by atoms with van der Waals surface area (Å²) < 4.78 is 29.9. The Bertz CT molecular complexity index is 1100. The average Bonchev–Trinajstić information content (AvgIpc) is 3.37. The highest BCUT2D eigenvalue weighted by Gasteiger charge is 2.24. The van der Waals surface area contributed by atoms with Crippen LogP contribution >= 0.6 is 22.7 Å². The van der Waals surface area contributed by atoms with Crippen LogP contribution in [0.4, 0.5) is 5.13 Å². The standard InChI is InChI=1S/C19H21N3O4S3/c1-29(24,25)14-4-5-15-17(13-14)28-19(20-15)22(18(23)16-3-2-12-27-16)7-6-21-8-10-26-11-9-21/h2-5,12-13H,6-11H2,1H3. The van der Waals surface area contributed by atoms with E-state index in [4.69, 9.17) is 4.74 Å². The molecule has 0 N–H and O–H groups in total. The van der Waals surface area contributed by atoms with E-state index in [0.717, 1.165) is 24.3 Å². The van der Waals surface area contributed by atoms with Gasteiger partial charge < -0.3 is 4.74 Å². The molecule has 0 radical (unpaired) electrons. The van der Waals surface area contributed by atoms with Crippen molar-refractivity contribution in [2.75, 3.05) is 50.5 Å². The number of carbonyl (C=O) groups is 1. The highest BCUT2D eigenvalue weighted by molar-refractivity contribution is 7.90. The summed E-state index contributed by atoms with van der Waals surface area (Å²) in [4.78, 5) is 22.6. The fourth-order valence-electron chi connectivity index (χ4n) is 3.12. The molecule has 0 bridgehead atoms. The molecule has 1 amide bonds. The Balaban J connectivity index is 1.64. The zero-order chi connectivity index (χ0) is 20.4. The fourth-order valence-corrected chi connectivity index (χ4v) is 5.55. The minimum absolute atomic E-state index is 0.0874. The van der Waals surface area contributed by atoms with Crippen LogP contribution < -0.4 is 4.90 Å². The summed E-state index contributed by atoms with van der Waals surface area (Å²) in [5.74, 6) is -0.0874.